The van der Waals surface area contributed by atoms with Crippen LogP contribution in [0.2, 0.25) is 0 Å². The minimum Gasteiger partial charge on any atom is -0.507 e. The Balaban J connectivity index is 1.67. The van der Waals surface area contributed by atoms with Crippen LogP contribution in [-0.2, 0) is 5.41 Å². The maximum atomic E-state index is 13.1. The van der Waals surface area contributed by atoms with Gasteiger partial charge in [0.15, 0.2) is 5.78 Å². The smallest absolute Gasteiger partial charge is 0.180 e. The van der Waals surface area contributed by atoms with E-state index in [1.165, 1.54) is 12.8 Å². The van der Waals surface area contributed by atoms with Gasteiger partial charge >= 0.3 is 0 Å². The minimum absolute atomic E-state index is 0.0107. The Morgan fingerprint density at radius 1 is 1.36 bits per heavy atom. The van der Waals surface area contributed by atoms with Crippen molar-refractivity contribution in [3.05, 3.63) is 27.7 Å². The summed E-state index contributed by atoms with van der Waals surface area (Å²) in [6.45, 7) is 5.66. The minimum atomic E-state index is -0.0107. The van der Waals surface area contributed by atoms with E-state index in [4.69, 9.17) is 0 Å². The number of aromatic hydroxyl groups is 1. The molecule has 1 aromatic rings. The molecule has 1 aliphatic heterocycles. The second-order valence-corrected chi connectivity index (χ2v) is 8.86. The van der Waals surface area contributed by atoms with Crippen molar-refractivity contribution in [3.63, 3.8) is 0 Å². The van der Waals surface area contributed by atoms with Gasteiger partial charge in [-0.3, -0.25) is 9.69 Å². The van der Waals surface area contributed by atoms with E-state index in [0.29, 0.717) is 6.04 Å². The van der Waals surface area contributed by atoms with Crippen molar-refractivity contribution in [2.45, 2.75) is 50.6 Å². The summed E-state index contributed by atoms with van der Waals surface area (Å²) in [4.78, 5) is 15.6. The largest absolute Gasteiger partial charge is 0.507 e. The number of carbonyl (C=O) groups excluding carboxylic acids is 1. The number of likely N-dealkylation sites (tertiary alicyclic amines) is 1. The first-order chi connectivity index (χ1) is 10.4. The van der Waals surface area contributed by atoms with Gasteiger partial charge in [0.2, 0.25) is 0 Å². The monoisotopic (exact) mass is 361 g/mol. The predicted octanol–water partition coefficient (Wildman–Crippen LogP) is 3.48. The van der Waals surface area contributed by atoms with Gasteiger partial charge in [-0.1, -0.05) is 13.8 Å². The van der Waals surface area contributed by atoms with Crippen LogP contribution in [0.3, 0.4) is 0 Å². The van der Waals surface area contributed by atoms with Crippen molar-refractivity contribution in [2.24, 2.45) is 11.3 Å². The van der Waals surface area contributed by atoms with Gasteiger partial charge in [0, 0.05) is 29.0 Å². The van der Waals surface area contributed by atoms with Crippen molar-refractivity contribution >= 4 is 21.7 Å². The molecule has 116 valence electrons. The first kappa shape index (κ1) is 13.6. The number of phenolic OH excluding ortho intramolecular Hbond substituents is 1. The van der Waals surface area contributed by atoms with E-state index < -0.39 is 0 Å². The van der Waals surface area contributed by atoms with Gasteiger partial charge in [-0.05, 0) is 58.8 Å². The Morgan fingerprint density at radius 3 is 2.77 bits per heavy atom. The van der Waals surface area contributed by atoms with Crippen LogP contribution in [0.4, 0.5) is 0 Å². The Labute approximate surface area is 138 Å². The average Bonchev–Trinajstić information content (AvgIpc) is 3.29. The van der Waals surface area contributed by atoms with Crippen LogP contribution < -0.4 is 0 Å². The summed E-state index contributed by atoms with van der Waals surface area (Å²) < 4.78 is 0.722. The third-order valence-corrected chi connectivity index (χ3v) is 7.94. The Kier molecular flexibility index (Phi) is 2.33. The molecule has 3 nitrogen and oxygen atoms in total. The molecule has 2 saturated carbocycles. The van der Waals surface area contributed by atoms with E-state index in [2.05, 4.69) is 34.7 Å². The molecule has 0 amide bonds. The number of benzene rings is 1. The lowest BCUT2D eigenvalue weighted by Crippen LogP contribution is -2.87. The molecule has 4 aliphatic rings. The predicted molar refractivity (Wildman–Crippen MR) is 87.2 cm³/mol. The van der Waals surface area contributed by atoms with Crippen LogP contribution >= 0.6 is 15.9 Å². The molecule has 1 aromatic carbocycles. The number of phenols is 1. The average molecular weight is 362 g/mol. The summed E-state index contributed by atoms with van der Waals surface area (Å²) in [5.74, 6) is 1.32. The highest BCUT2D eigenvalue weighted by Crippen LogP contribution is 2.72. The quantitative estimate of drug-likeness (QED) is 0.876. The molecule has 22 heavy (non-hydrogen) atoms. The van der Waals surface area contributed by atoms with Crippen molar-refractivity contribution in [1.82, 2.24) is 4.90 Å². The Bertz CT molecular complexity index is 728. The zero-order valence-electron chi connectivity index (χ0n) is 12.9. The maximum absolute atomic E-state index is 13.1. The lowest BCUT2D eigenvalue weighted by molar-refractivity contribution is -0.235. The number of halogens is 1. The summed E-state index contributed by atoms with van der Waals surface area (Å²) in [5.41, 5.74) is 1.87. The highest BCUT2D eigenvalue weighted by molar-refractivity contribution is 9.10. The molecule has 4 unspecified atom stereocenters. The van der Waals surface area contributed by atoms with Crippen molar-refractivity contribution in [1.29, 1.82) is 0 Å². The van der Waals surface area contributed by atoms with E-state index in [1.54, 1.807) is 6.07 Å². The van der Waals surface area contributed by atoms with Gasteiger partial charge in [0.05, 0.1) is 10.5 Å². The van der Waals surface area contributed by atoms with Gasteiger partial charge in [-0.25, -0.2) is 0 Å². The Hall–Kier alpha value is -0.870. The molecule has 1 saturated heterocycles. The lowest BCUT2D eigenvalue weighted by Gasteiger charge is -2.79. The number of rotatable bonds is 2. The summed E-state index contributed by atoms with van der Waals surface area (Å²) in [6, 6.07) is 4.05. The molecule has 4 heteroatoms. The number of hydrogen-bond acceptors (Lipinski definition) is 3. The van der Waals surface area contributed by atoms with Crippen LogP contribution in [0.25, 0.3) is 0 Å². The van der Waals surface area contributed by atoms with Crippen molar-refractivity contribution < 1.29 is 9.90 Å². The van der Waals surface area contributed by atoms with E-state index in [0.717, 1.165) is 34.5 Å². The molecule has 5 rings (SSSR count). The van der Waals surface area contributed by atoms with Crippen molar-refractivity contribution in [3.8, 4) is 5.75 Å². The molecular formula is C18H20BrNO2. The van der Waals surface area contributed by atoms with Crippen LogP contribution in [0.15, 0.2) is 16.6 Å². The first-order valence-corrected chi connectivity index (χ1v) is 9.01. The van der Waals surface area contributed by atoms with Crippen LogP contribution in [-0.4, -0.2) is 34.4 Å². The summed E-state index contributed by atoms with van der Waals surface area (Å²) in [7, 11) is 0. The summed E-state index contributed by atoms with van der Waals surface area (Å²) >= 11 is 3.54. The fraction of sp³-hybridized carbons (Fsp3) is 0.611. The van der Waals surface area contributed by atoms with Gasteiger partial charge in [0.25, 0.3) is 0 Å². The fourth-order valence-corrected chi connectivity index (χ4v) is 6.31. The molecule has 0 radical (unpaired) electrons. The van der Waals surface area contributed by atoms with Crippen LogP contribution in [0, 0.1) is 11.3 Å². The molecular weight excluding hydrogens is 342 g/mol. The molecule has 1 N–H and O–H groups in total. The summed E-state index contributed by atoms with van der Waals surface area (Å²) in [5, 5.41) is 10.1. The third-order valence-electron chi connectivity index (χ3n) is 7.14. The molecule has 3 fully saturated rings. The number of fused-ring (bicyclic) bond motifs is 2. The number of nitrogens with zero attached hydrogens (tertiary/aromatic N) is 1. The fourth-order valence-electron chi connectivity index (χ4n) is 5.53. The first-order valence-electron chi connectivity index (χ1n) is 8.21. The number of hydrogen-bond donors (Lipinski definition) is 1. The molecule has 4 atom stereocenters. The third kappa shape index (κ3) is 1.24. The van der Waals surface area contributed by atoms with Gasteiger partial charge in [0.1, 0.15) is 5.75 Å². The maximum Gasteiger partial charge on any atom is 0.180 e. The number of carbonyl (C=O) groups is 1. The second kappa shape index (κ2) is 3.78. The van der Waals surface area contributed by atoms with E-state index in [9.17, 15) is 9.90 Å². The molecule has 1 heterocycles. The highest BCUT2D eigenvalue weighted by Gasteiger charge is 2.78. The topological polar surface area (TPSA) is 40.5 Å². The van der Waals surface area contributed by atoms with Gasteiger partial charge in [-0.15, -0.1) is 0 Å². The number of ketones is 1. The Morgan fingerprint density at radius 2 is 2.09 bits per heavy atom. The van der Waals surface area contributed by atoms with Crippen molar-refractivity contribution in [2.75, 3.05) is 6.54 Å². The molecule has 0 bridgehead atoms. The number of piperidine rings is 1. The highest BCUT2D eigenvalue weighted by atomic mass is 79.9. The zero-order valence-corrected chi connectivity index (χ0v) is 14.5. The SMILES string of the molecule is CC12CC3N(CC4CC4)C(C(=O)c4ccc(O)c(Br)c41)C32C. The lowest BCUT2D eigenvalue weighted by atomic mass is 9.35. The molecule has 3 aliphatic carbocycles. The van der Waals surface area contributed by atoms with Crippen LogP contribution in [0.5, 0.6) is 5.75 Å². The van der Waals surface area contributed by atoms with Crippen LogP contribution in [0.1, 0.15) is 49.0 Å². The van der Waals surface area contributed by atoms with E-state index in [1.807, 2.05) is 6.07 Å². The van der Waals surface area contributed by atoms with Gasteiger partial charge < -0.3 is 5.11 Å². The van der Waals surface area contributed by atoms with Gasteiger partial charge in [-0.2, -0.15) is 0 Å². The standard InChI is InChI=1S/C18H20BrNO2/c1-17-7-12-18(17,2)16(20(12)8-9-3-4-9)15(22)10-5-6-11(21)14(19)13(10)17/h5-6,9,12,16,21H,3-4,7-8H2,1-2H3. The van der Waals surface area contributed by atoms with E-state index in [-0.39, 0.29) is 28.4 Å². The normalized spacial score (nSPS) is 42.2. The van der Waals surface area contributed by atoms with E-state index >= 15 is 0 Å². The number of Topliss-reactive ketones (excluding diaryl/α,β-unsaturated/α-hetero) is 1. The summed E-state index contributed by atoms with van der Waals surface area (Å²) in [6.07, 6.45) is 3.75. The second-order valence-electron chi connectivity index (χ2n) is 8.06. The molecule has 0 spiro atoms. The molecule has 0 aromatic heterocycles. The zero-order chi connectivity index (χ0) is 15.4.